The van der Waals surface area contributed by atoms with Crippen molar-refractivity contribution in [3.63, 3.8) is 0 Å². The summed E-state index contributed by atoms with van der Waals surface area (Å²) in [5.41, 5.74) is 2.10. The summed E-state index contributed by atoms with van der Waals surface area (Å²) in [6, 6.07) is 12.8. The Morgan fingerprint density at radius 1 is 1.19 bits per heavy atom. The number of hydrogen-bond donors (Lipinski definition) is 1. The van der Waals surface area contributed by atoms with Crippen LogP contribution >= 0.6 is 11.6 Å². The molecule has 0 saturated heterocycles. The Hall–Kier alpha value is -3.17. The molecule has 0 spiro atoms. The van der Waals surface area contributed by atoms with Crippen LogP contribution in [-0.2, 0) is 27.6 Å². The van der Waals surface area contributed by atoms with Crippen molar-refractivity contribution in [2.75, 3.05) is 18.6 Å². The van der Waals surface area contributed by atoms with Crippen LogP contribution in [0.1, 0.15) is 31.2 Å². The number of aromatic nitrogens is 3. The highest BCUT2D eigenvalue weighted by atomic mass is 35.5. The summed E-state index contributed by atoms with van der Waals surface area (Å²) in [7, 11) is -3.51. The van der Waals surface area contributed by atoms with Gasteiger partial charge in [0.1, 0.15) is 18.0 Å². The molecule has 1 fully saturated rings. The number of H-pyrrole nitrogens is 1. The second-order valence-electron chi connectivity index (χ2n) is 10.0. The molecule has 36 heavy (non-hydrogen) atoms. The summed E-state index contributed by atoms with van der Waals surface area (Å²) in [5, 5.41) is 7.00. The van der Waals surface area contributed by atoms with E-state index in [0.29, 0.717) is 40.3 Å². The molecular formula is C26H26ClN3O5S. The molecule has 0 aliphatic heterocycles. The second-order valence-corrected chi connectivity index (χ2v) is 12.6. The molecule has 2 aromatic carbocycles. The van der Waals surface area contributed by atoms with Gasteiger partial charge in [-0.05, 0) is 31.0 Å². The minimum Gasteiger partial charge on any atom is -0.491 e. The zero-order valence-electron chi connectivity index (χ0n) is 20.0. The molecule has 0 radical (unpaired) electrons. The van der Waals surface area contributed by atoms with E-state index in [1.54, 1.807) is 12.1 Å². The maximum atomic E-state index is 12.9. The molecule has 2 heterocycles. The molecule has 0 bridgehead atoms. The van der Waals surface area contributed by atoms with Gasteiger partial charge in [-0.2, -0.15) is 5.10 Å². The Morgan fingerprint density at radius 3 is 2.61 bits per heavy atom. The van der Waals surface area contributed by atoms with Crippen LogP contribution < -0.4 is 10.3 Å². The van der Waals surface area contributed by atoms with Crippen molar-refractivity contribution in [3.8, 4) is 5.75 Å². The molecule has 1 aliphatic carbocycles. The lowest BCUT2D eigenvalue weighted by Crippen LogP contribution is -2.30. The van der Waals surface area contributed by atoms with Crippen molar-refractivity contribution in [2.45, 2.75) is 32.7 Å². The lowest BCUT2D eigenvalue weighted by atomic mass is 10.1. The van der Waals surface area contributed by atoms with E-state index in [-0.39, 0.29) is 5.41 Å². The van der Waals surface area contributed by atoms with Gasteiger partial charge in [0.05, 0.1) is 22.7 Å². The van der Waals surface area contributed by atoms with Crippen LogP contribution in [0.2, 0.25) is 5.02 Å². The fourth-order valence-electron chi connectivity index (χ4n) is 4.24. The number of halogens is 1. The number of nitrogens with zero attached hydrogens (tertiary/aromatic N) is 2. The number of sulfone groups is 1. The molecule has 4 aromatic rings. The third kappa shape index (κ3) is 5.32. The topological polar surface area (TPSA) is 111 Å². The Balaban J connectivity index is 1.47. The Kier molecular flexibility index (Phi) is 6.16. The average Bonchev–Trinajstić information content (AvgIpc) is 3.41. The van der Waals surface area contributed by atoms with Crippen molar-refractivity contribution < 1.29 is 17.9 Å². The van der Waals surface area contributed by atoms with E-state index in [1.165, 1.54) is 0 Å². The summed E-state index contributed by atoms with van der Waals surface area (Å²) >= 11 is 6.47. The van der Waals surface area contributed by atoms with Gasteiger partial charge in [0.15, 0.2) is 15.6 Å². The molecule has 0 amide bonds. The van der Waals surface area contributed by atoms with E-state index >= 15 is 0 Å². The largest absolute Gasteiger partial charge is 0.491 e. The van der Waals surface area contributed by atoms with Gasteiger partial charge in [-0.3, -0.25) is 9.59 Å². The number of ether oxygens (including phenoxy) is 1. The van der Waals surface area contributed by atoms with Crippen LogP contribution in [0.4, 0.5) is 0 Å². The maximum Gasteiger partial charge on any atom is 0.275 e. The van der Waals surface area contributed by atoms with Crippen molar-refractivity contribution in [1.82, 2.24) is 14.8 Å². The lowest BCUT2D eigenvalue weighted by molar-refractivity contribution is -0.117. The molecule has 5 rings (SSSR count). The number of hydrogen-bond acceptors (Lipinski definition) is 6. The number of aromatic amines is 1. The van der Waals surface area contributed by atoms with E-state index < -0.39 is 33.5 Å². The van der Waals surface area contributed by atoms with Gasteiger partial charge < -0.3 is 9.72 Å². The Morgan fingerprint density at radius 2 is 1.92 bits per heavy atom. The van der Waals surface area contributed by atoms with Crippen LogP contribution in [0.25, 0.3) is 21.7 Å². The number of carbonyl (C=O) groups is 1. The number of fused-ring (bicyclic) bond motifs is 2. The standard InChI is InChI=1S/C26H26ClN3O5S/c1-26(7-8-26)15-35-24-12-22-16(10-21(24)27)9-17(28-22)11-23-19-5-3-4-6-20(19)25(32)30(29-23)13-18(31)14-36(2,33)34/h3-6,9-10,12,28H,7-8,11,13-15H2,1-2H3. The van der Waals surface area contributed by atoms with E-state index in [4.69, 9.17) is 16.3 Å². The number of Topliss-reactive ketones (excluding diaryl/α,β-unsaturated/α-hetero) is 1. The minimum atomic E-state index is -3.51. The highest BCUT2D eigenvalue weighted by Gasteiger charge is 2.38. The number of ketones is 1. The van der Waals surface area contributed by atoms with Crippen LogP contribution in [0, 0.1) is 5.41 Å². The Labute approximate surface area is 213 Å². The first kappa shape index (κ1) is 24.5. The SMILES string of the molecule is CC1(COc2cc3[nH]c(Cc4nn(CC(=O)CS(C)(=O)=O)c(=O)c5ccccc45)cc3cc2Cl)CC1. The highest BCUT2D eigenvalue weighted by Crippen LogP contribution is 2.45. The van der Waals surface area contributed by atoms with Crippen molar-refractivity contribution in [2.24, 2.45) is 5.41 Å². The predicted molar refractivity (Wildman–Crippen MR) is 140 cm³/mol. The van der Waals surface area contributed by atoms with E-state index in [9.17, 15) is 18.0 Å². The second kappa shape index (κ2) is 9.05. The van der Waals surface area contributed by atoms with Gasteiger partial charge in [0, 0.05) is 46.1 Å². The highest BCUT2D eigenvalue weighted by molar-refractivity contribution is 7.91. The summed E-state index contributed by atoms with van der Waals surface area (Å²) in [6.45, 7) is 2.41. The average molecular weight is 528 g/mol. The summed E-state index contributed by atoms with van der Waals surface area (Å²) < 4.78 is 30.1. The number of rotatable bonds is 9. The molecule has 0 unspecified atom stereocenters. The smallest absolute Gasteiger partial charge is 0.275 e. The summed E-state index contributed by atoms with van der Waals surface area (Å²) in [5.74, 6) is -0.608. The normalized spacial score (nSPS) is 14.9. The quantitative estimate of drug-likeness (QED) is 0.353. The van der Waals surface area contributed by atoms with E-state index in [0.717, 1.165) is 40.4 Å². The van der Waals surface area contributed by atoms with E-state index in [1.807, 2.05) is 30.3 Å². The summed E-state index contributed by atoms with van der Waals surface area (Å²) in [4.78, 5) is 28.6. The number of benzene rings is 2. The zero-order chi connectivity index (χ0) is 25.7. The van der Waals surface area contributed by atoms with Gasteiger partial charge in [0.25, 0.3) is 5.56 Å². The molecule has 2 aromatic heterocycles. The third-order valence-corrected chi connectivity index (χ3v) is 7.60. The molecule has 8 nitrogen and oxygen atoms in total. The van der Waals surface area contributed by atoms with Crippen molar-refractivity contribution in [1.29, 1.82) is 0 Å². The van der Waals surface area contributed by atoms with Crippen LogP contribution in [0.5, 0.6) is 5.75 Å². The first-order chi connectivity index (χ1) is 17.0. The fraction of sp³-hybridized carbons (Fsp3) is 0.346. The molecular weight excluding hydrogens is 502 g/mol. The van der Waals surface area contributed by atoms with Crippen LogP contribution in [-0.4, -0.2) is 47.6 Å². The van der Waals surface area contributed by atoms with Crippen LogP contribution in [0.15, 0.2) is 47.3 Å². The van der Waals surface area contributed by atoms with Gasteiger partial charge in [-0.1, -0.05) is 36.7 Å². The molecule has 1 saturated carbocycles. The van der Waals surface area contributed by atoms with E-state index in [2.05, 4.69) is 17.0 Å². The number of carbonyl (C=O) groups excluding carboxylic acids is 1. The first-order valence-electron chi connectivity index (χ1n) is 11.6. The third-order valence-electron chi connectivity index (χ3n) is 6.46. The van der Waals surface area contributed by atoms with Gasteiger partial charge in [0.2, 0.25) is 0 Å². The molecule has 188 valence electrons. The molecule has 1 N–H and O–H groups in total. The van der Waals surface area contributed by atoms with Gasteiger partial charge in [-0.25, -0.2) is 13.1 Å². The fourth-order valence-corrected chi connectivity index (χ4v) is 5.14. The predicted octanol–water partition coefficient (Wildman–Crippen LogP) is 3.91. The zero-order valence-corrected chi connectivity index (χ0v) is 21.6. The van der Waals surface area contributed by atoms with Crippen molar-refractivity contribution in [3.05, 3.63) is 69.2 Å². The van der Waals surface area contributed by atoms with Crippen LogP contribution in [0.3, 0.4) is 0 Å². The Bertz CT molecular complexity index is 1670. The van der Waals surface area contributed by atoms with Crippen molar-refractivity contribution >= 4 is 48.9 Å². The lowest BCUT2D eigenvalue weighted by Gasteiger charge is -2.12. The monoisotopic (exact) mass is 527 g/mol. The summed E-state index contributed by atoms with van der Waals surface area (Å²) in [6.07, 6.45) is 3.66. The maximum absolute atomic E-state index is 12.9. The van der Waals surface area contributed by atoms with Gasteiger partial charge in [-0.15, -0.1) is 0 Å². The number of nitrogens with one attached hydrogen (secondary N) is 1. The molecule has 0 atom stereocenters. The molecule has 10 heteroatoms. The molecule has 1 aliphatic rings. The van der Waals surface area contributed by atoms with Gasteiger partial charge >= 0.3 is 0 Å². The first-order valence-corrected chi connectivity index (χ1v) is 14.1. The minimum absolute atomic E-state index is 0.234.